The van der Waals surface area contributed by atoms with Gasteiger partial charge in [0.15, 0.2) is 5.65 Å². The van der Waals surface area contributed by atoms with E-state index in [-0.39, 0.29) is 0 Å². The zero-order valence-corrected chi connectivity index (χ0v) is 11.9. The monoisotopic (exact) mass is 308 g/mol. The number of nitrogens with one attached hydrogen (secondary N) is 1. The Balaban J connectivity index is 1.83. The summed E-state index contributed by atoms with van der Waals surface area (Å²) in [5.74, 6) is 0. The van der Waals surface area contributed by atoms with E-state index in [1.807, 2.05) is 18.3 Å². The molecule has 1 fully saturated rings. The first-order chi connectivity index (χ1) is 8.84. The fourth-order valence-electron chi connectivity index (χ4n) is 2.43. The Morgan fingerprint density at radius 2 is 2.28 bits per heavy atom. The van der Waals surface area contributed by atoms with Crippen LogP contribution in [-0.4, -0.2) is 40.5 Å². The van der Waals surface area contributed by atoms with Crippen LogP contribution < -0.4 is 5.32 Å². The second-order valence-corrected chi connectivity index (χ2v) is 5.53. The van der Waals surface area contributed by atoms with Gasteiger partial charge in [-0.25, -0.2) is 4.98 Å². The van der Waals surface area contributed by atoms with Crippen molar-refractivity contribution < 1.29 is 0 Å². The molecular weight excluding hydrogens is 292 g/mol. The van der Waals surface area contributed by atoms with Gasteiger partial charge in [0.2, 0.25) is 0 Å². The number of aromatic nitrogens is 2. The normalized spacial score (nSPS) is 18.1. The second kappa shape index (κ2) is 5.38. The van der Waals surface area contributed by atoms with Crippen molar-refractivity contribution in [2.75, 3.05) is 26.2 Å². The van der Waals surface area contributed by atoms with Crippen molar-refractivity contribution in [2.45, 2.75) is 13.0 Å². The summed E-state index contributed by atoms with van der Waals surface area (Å²) in [5, 5.41) is 3.43. The molecule has 0 unspecified atom stereocenters. The van der Waals surface area contributed by atoms with E-state index in [4.69, 9.17) is 0 Å². The lowest BCUT2D eigenvalue weighted by molar-refractivity contribution is 0.280. The van der Waals surface area contributed by atoms with Gasteiger partial charge in [-0.2, -0.15) is 0 Å². The standard InChI is InChI=1S/C13H17BrN4/c14-12-3-1-7-18-11(9-16-13(12)18)10-17-6-2-4-15-5-8-17/h1,3,7,9,15H,2,4-6,8,10H2. The molecule has 2 aromatic heterocycles. The van der Waals surface area contributed by atoms with Crippen molar-refractivity contribution in [3.8, 4) is 0 Å². The Morgan fingerprint density at radius 3 is 3.22 bits per heavy atom. The molecule has 3 rings (SSSR count). The predicted molar refractivity (Wildman–Crippen MR) is 75.7 cm³/mol. The molecule has 0 aromatic carbocycles. The molecule has 0 radical (unpaired) electrons. The first kappa shape index (κ1) is 12.1. The molecule has 0 atom stereocenters. The predicted octanol–water partition coefficient (Wildman–Crippen LogP) is 1.89. The van der Waals surface area contributed by atoms with Crippen LogP contribution in [0, 0.1) is 0 Å². The fraction of sp³-hybridized carbons (Fsp3) is 0.462. The molecular formula is C13H17BrN4. The quantitative estimate of drug-likeness (QED) is 0.919. The molecule has 0 saturated carbocycles. The lowest BCUT2D eigenvalue weighted by atomic mass is 10.3. The minimum absolute atomic E-state index is 0.972. The smallest absolute Gasteiger partial charge is 0.151 e. The number of imidazole rings is 1. The Hall–Kier alpha value is -0.910. The molecule has 1 N–H and O–H groups in total. The lowest BCUT2D eigenvalue weighted by Gasteiger charge is -2.18. The van der Waals surface area contributed by atoms with Crippen molar-refractivity contribution in [3.63, 3.8) is 0 Å². The summed E-state index contributed by atoms with van der Waals surface area (Å²) in [7, 11) is 0. The molecule has 0 spiro atoms. The third kappa shape index (κ3) is 2.43. The number of halogens is 1. The summed E-state index contributed by atoms with van der Waals surface area (Å²) in [6.45, 7) is 5.46. The lowest BCUT2D eigenvalue weighted by Crippen LogP contribution is -2.28. The number of pyridine rings is 1. The highest BCUT2D eigenvalue weighted by molar-refractivity contribution is 9.10. The van der Waals surface area contributed by atoms with E-state index in [1.54, 1.807) is 0 Å². The zero-order chi connectivity index (χ0) is 12.4. The van der Waals surface area contributed by atoms with Gasteiger partial charge in [-0.05, 0) is 47.6 Å². The van der Waals surface area contributed by atoms with E-state index >= 15 is 0 Å². The summed E-state index contributed by atoms with van der Waals surface area (Å²) >= 11 is 3.54. The van der Waals surface area contributed by atoms with Crippen molar-refractivity contribution >= 4 is 21.6 Å². The number of hydrogen-bond acceptors (Lipinski definition) is 3. The van der Waals surface area contributed by atoms with E-state index in [9.17, 15) is 0 Å². The molecule has 0 bridgehead atoms. The third-order valence-corrected chi connectivity index (χ3v) is 4.00. The molecule has 96 valence electrons. The Kier molecular flexibility index (Phi) is 3.63. The summed E-state index contributed by atoms with van der Waals surface area (Å²) in [5.41, 5.74) is 2.26. The van der Waals surface area contributed by atoms with Gasteiger partial charge in [0.05, 0.1) is 16.4 Å². The van der Waals surface area contributed by atoms with Crippen molar-refractivity contribution in [1.82, 2.24) is 19.6 Å². The zero-order valence-electron chi connectivity index (χ0n) is 10.3. The maximum Gasteiger partial charge on any atom is 0.151 e. The van der Waals surface area contributed by atoms with Crippen LogP contribution in [0.15, 0.2) is 29.0 Å². The molecule has 5 heteroatoms. The van der Waals surface area contributed by atoms with Gasteiger partial charge in [0.25, 0.3) is 0 Å². The van der Waals surface area contributed by atoms with Gasteiger partial charge < -0.3 is 9.72 Å². The maximum absolute atomic E-state index is 4.48. The van der Waals surface area contributed by atoms with Crippen LogP contribution in [0.5, 0.6) is 0 Å². The van der Waals surface area contributed by atoms with Crippen LogP contribution >= 0.6 is 15.9 Å². The molecule has 4 nitrogen and oxygen atoms in total. The van der Waals surface area contributed by atoms with Crippen molar-refractivity contribution in [1.29, 1.82) is 0 Å². The van der Waals surface area contributed by atoms with Crippen molar-refractivity contribution in [3.05, 3.63) is 34.7 Å². The van der Waals surface area contributed by atoms with Crippen LogP contribution in [0.25, 0.3) is 5.65 Å². The largest absolute Gasteiger partial charge is 0.315 e. The van der Waals surface area contributed by atoms with Gasteiger partial charge in [0, 0.05) is 25.8 Å². The average Bonchev–Trinajstić information content (AvgIpc) is 2.61. The third-order valence-electron chi connectivity index (χ3n) is 3.38. The summed E-state index contributed by atoms with van der Waals surface area (Å²) < 4.78 is 3.22. The van der Waals surface area contributed by atoms with Crippen LogP contribution in [-0.2, 0) is 6.54 Å². The van der Waals surface area contributed by atoms with Crippen molar-refractivity contribution in [2.24, 2.45) is 0 Å². The molecule has 0 amide bonds. The topological polar surface area (TPSA) is 32.6 Å². The van der Waals surface area contributed by atoms with Crippen LogP contribution in [0.2, 0.25) is 0 Å². The fourth-order valence-corrected chi connectivity index (χ4v) is 2.88. The Labute approximate surface area is 115 Å². The number of fused-ring (bicyclic) bond motifs is 1. The molecule has 1 saturated heterocycles. The van der Waals surface area contributed by atoms with Crippen LogP contribution in [0.1, 0.15) is 12.1 Å². The van der Waals surface area contributed by atoms with Crippen LogP contribution in [0.4, 0.5) is 0 Å². The molecule has 1 aliphatic rings. The maximum atomic E-state index is 4.48. The average molecular weight is 309 g/mol. The van der Waals surface area contributed by atoms with Gasteiger partial charge in [-0.3, -0.25) is 4.90 Å². The Bertz CT molecular complexity index is 529. The van der Waals surface area contributed by atoms with E-state index in [0.717, 1.165) is 42.8 Å². The number of nitrogens with zero attached hydrogens (tertiary/aromatic N) is 3. The van der Waals surface area contributed by atoms with Gasteiger partial charge in [-0.1, -0.05) is 0 Å². The Morgan fingerprint density at radius 1 is 1.33 bits per heavy atom. The van der Waals surface area contributed by atoms with E-state index in [2.05, 4.69) is 41.7 Å². The second-order valence-electron chi connectivity index (χ2n) is 4.68. The SMILES string of the molecule is Brc1cccn2c(CN3CCCNCC3)cnc12. The highest BCUT2D eigenvalue weighted by atomic mass is 79.9. The molecule has 18 heavy (non-hydrogen) atoms. The highest BCUT2D eigenvalue weighted by Gasteiger charge is 2.12. The van der Waals surface area contributed by atoms with E-state index in [1.165, 1.54) is 12.1 Å². The van der Waals surface area contributed by atoms with Crippen LogP contribution in [0.3, 0.4) is 0 Å². The highest BCUT2D eigenvalue weighted by Crippen LogP contribution is 2.18. The minimum atomic E-state index is 0.972. The minimum Gasteiger partial charge on any atom is -0.315 e. The summed E-state index contributed by atoms with van der Waals surface area (Å²) in [6.07, 6.45) is 5.29. The molecule has 1 aliphatic heterocycles. The van der Waals surface area contributed by atoms with E-state index in [0.29, 0.717) is 0 Å². The molecule has 3 heterocycles. The number of hydrogen-bond donors (Lipinski definition) is 1. The van der Waals surface area contributed by atoms with Gasteiger partial charge >= 0.3 is 0 Å². The van der Waals surface area contributed by atoms with E-state index < -0.39 is 0 Å². The first-order valence-electron chi connectivity index (χ1n) is 6.38. The van der Waals surface area contributed by atoms with Gasteiger partial charge in [-0.15, -0.1) is 0 Å². The first-order valence-corrected chi connectivity index (χ1v) is 7.17. The summed E-state index contributed by atoms with van der Waals surface area (Å²) in [4.78, 5) is 6.97. The molecule has 2 aromatic rings. The number of rotatable bonds is 2. The van der Waals surface area contributed by atoms with Gasteiger partial charge in [0.1, 0.15) is 0 Å². The molecule has 0 aliphatic carbocycles. The summed E-state index contributed by atoms with van der Waals surface area (Å²) in [6, 6.07) is 4.08.